The minimum absolute atomic E-state index is 0.679. The van der Waals surface area contributed by atoms with Crippen molar-refractivity contribution < 1.29 is 4.74 Å². The molecule has 1 saturated heterocycles. The van der Waals surface area contributed by atoms with Crippen molar-refractivity contribution in [2.75, 3.05) is 32.8 Å². The topological polar surface area (TPSA) is 24.5 Å². The van der Waals surface area contributed by atoms with Gasteiger partial charge in [-0.2, -0.15) is 0 Å². The van der Waals surface area contributed by atoms with Crippen LogP contribution in [0.2, 0.25) is 0 Å². The summed E-state index contributed by atoms with van der Waals surface area (Å²) in [5, 5.41) is 3.78. The Hall–Kier alpha value is -0.120. The highest BCUT2D eigenvalue weighted by atomic mass is 16.5. The lowest BCUT2D eigenvalue weighted by atomic mass is 9.97. The van der Waals surface area contributed by atoms with Gasteiger partial charge >= 0.3 is 0 Å². The lowest BCUT2D eigenvalue weighted by Gasteiger charge is -2.42. The standard InChI is InChI=1S/C17H34N2O/c1-13(2)7-9-20-10-8-19-12-16(15-5-6-15)18-11-17(19)14(3)4/h13-18H,5-12H2,1-4H3. The summed E-state index contributed by atoms with van der Waals surface area (Å²) in [7, 11) is 0. The highest BCUT2D eigenvalue weighted by molar-refractivity contribution is 4.95. The minimum Gasteiger partial charge on any atom is -0.380 e. The van der Waals surface area contributed by atoms with E-state index in [4.69, 9.17) is 4.74 Å². The van der Waals surface area contributed by atoms with E-state index in [0.29, 0.717) is 6.04 Å². The van der Waals surface area contributed by atoms with E-state index in [0.717, 1.165) is 50.1 Å². The van der Waals surface area contributed by atoms with Crippen molar-refractivity contribution in [1.29, 1.82) is 0 Å². The molecule has 2 unspecified atom stereocenters. The van der Waals surface area contributed by atoms with Crippen LogP contribution < -0.4 is 5.32 Å². The molecule has 1 aliphatic heterocycles. The van der Waals surface area contributed by atoms with Crippen LogP contribution in [-0.4, -0.2) is 49.8 Å². The van der Waals surface area contributed by atoms with Crippen LogP contribution in [0.3, 0.4) is 0 Å². The van der Waals surface area contributed by atoms with Gasteiger partial charge in [0, 0.05) is 38.3 Å². The van der Waals surface area contributed by atoms with E-state index in [-0.39, 0.29) is 0 Å². The molecule has 1 heterocycles. The lowest BCUT2D eigenvalue weighted by Crippen LogP contribution is -2.59. The van der Waals surface area contributed by atoms with E-state index in [1.165, 1.54) is 25.8 Å². The number of ether oxygens (including phenoxy) is 1. The molecule has 3 nitrogen and oxygen atoms in total. The second-order valence-electron chi connectivity index (χ2n) is 7.45. The predicted molar refractivity (Wildman–Crippen MR) is 85.0 cm³/mol. The van der Waals surface area contributed by atoms with Crippen LogP contribution in [0.15, 0.2) is 0 Å². The molecule has 0 amide bonds. The van der Waals surface area contributed by atoms with Gasteiger partial charge < -0.3 is 10.1 Å². The van der Waals surface area contributed by atoms with Crippen molar-refractivity contribution in [3.63, 3.8) is 0 Å². The maximum Gasteiger partial charge on any atom is 0.0593 e. The highest BCUT2D eigenvalue weighted by Gasteiger charge is 2.37. The SMILES string of the molecule is CC(C)CCOCCN1CC(C2CC2)NCC1C(C)C. The normalized spacial score (nSPS) is 28.5. The van der Waals surface area contributed by atoms with Crippen molar-refractivity contribution >= 4 is 0 Å². The summed E-state index contributed by atoms with van der Waals surface area (Å²) < 4.78 is 5.82. The second-order valence-corrected chi connectivity index (χ2v) is 7.45. The average molecular weight is 282 g/mol. The summed E-state index contributed by atoms with van der Waals surface area (Å²) in [6.45, 7) is 14.5. The fourth-order valence-electron chi connectivity index (χ4n) is 3.19. The Labute approximate surface area is 125 Å². The summed E-state index contributed by atoms with van der Waals surface area (Å²) in [5.74, 6) is 2.42. The Morgan fingerprint density at radius 3 is 2.50 bits per heavy atom. The molecule has 2 rings (SSSR count). The molecule has 2 atom stereocenters. The number of hydrogen-bond acceptors (Lipinski definition) is 3. The molecule has 3 heteroatoms. The van der Waals surface area contributed by atoms with Gasteiger partial charge in [-0.15, -0.1) is 0 Å². The first-order valence-electron chi connectivity index (χ1n) is 8.63. The van der Waals surface area contributed by atoms with Crippen LogP contribution in [0, 0.1) is 17.8 Å². The summed E-state index contributed by atoms with van der Waals surface area (Å²) in [6, 6.07) is 1.42. The molecule has 118 valence electrons. The van der Waals surface area contributed by atoms with Gasteiger partial charge in [0.2, 0.25) is 0 Å². The van der Waals surface area contributed by atoms with Crippen LogP contribution in [0.1, 0.15) is 47.0 Å². The molecule has 20 heavy (non-hydrogen) atoms. The van der Waals surface area contributed by atoms with E-state index in [1.54, 1.807) is 0 Å². The Morgan fingerprint density at radius 1 is 1.15 bits per heavy atom. The molecule has 0 spiro atoms. The summed E-state index contributed by atoms with van der Waals surface area (Å²) in [4.78, 5) is 2.68. The Bertz CT molecular complexity index is 276. The van der Waals surface area contributed by atoms with Crippen LogP contribution in [0.4, 0.5) is 0 Å². The monoisotopic (exact) mass is 282 g/mol. The molecule has 1 N–H and O–H groups in total. The predicted octanol–water partition coefficient (Wildman–Crippen LogP) is 2.76. The molecule has 1 aliphatic carbocycles. The van der Waals surface area contributed by atoms with Gasteiger partial charge in [0.1, 0.15) is 0 Å². The van der Waals surface area contributed by atoms with Gasteiger partial charge in [-0.3, -0.25) is 4.90 Å². The molecule has 2 aliphatic rings. The molecule has 0 aromatic rings. The summed E-state index contributed by atoms with van der Waals surface area (Å²) in [5.41, 5.74) is 0. The van der Waals surface area contributed by atoms with Crippen molar-refractivity contribution in [2.45, 2.75) is 59.0 Å². The number of rotatable bonds is 8. The summed E-state index contributed by atoms with van der Waals surface area (Å²) >= 11 is 0. The maximum atomic E-state index is 5.82. The smallest absolute Gasteiger partial charge is 0.0593 e. The van der Waals surface area contributed by atoms with Crippen molar-refractivity contribution in [3.05, 3.63) is 0 Å². The number of nitrogens with one attached hydrogen (secondary N) is 1. The second kappa shape index (κ2) is 7.77. The van der Waals surface area contributed by atoms with Gasteiger partial charge in [0.05, 0.1) is 6.61 Å². The van der Waals surface area contributed by atoms with Crippen molar-refractivity contribution in [1.82, 2.24) is 10.2 Å². The van der Waals surface area contributed by atoms with Crippen LogP contribution >= 0.6 is 0 Å². The maximum absolute atomic E-state index is 5.82. The zero-order valence-electron chi connectivity index (χ0n) is 13.9. The van der Waals surface area contributed by atoms with Crippen LogP contribution in [0.25, 0.3) is 0 Å². The average Bonchev–Trinajstić information content (AvgIpc) is 3.21. The van der Waals surface area contributed by atoms with Gasteiger partial charge in [-0.25, -0.2) is 0 Å². The fourth-order valence-corrected chi connectivity index (χ4v) is 3.19. The van der Waals surface area contributed by atoms with Crippen LogP contribution in [-0.2, 0) is 4.74 Å². The van der Waals surface area contributed by atoms with Crippen molar-refractivity contribution in [3.8, 4) is 0 Å². The molecule has 0 radical (unpaired) electrons. The van der Waals surface area contributed by atoms with E-state index in [9.17, 15) is 0 Å². The van der Waals surface area contributed by atoms with E-state index >= 15 is 0 Å². The largest absolute Gasteiger partial charge is 0.380 e. The third-order valence-electron chi connectivity index (χ3n) is 4.81. The fraction of sp³-hybridized carbons (Fsp3) is 1.00. The zero-order valence-corrected chi connectivity index (χ0v) is 13.9. The minimum atomic E-state index is 0.679. The van der Waals surface area contributed by atoms with Gasteiger partial charge in [0.25, 0.3) is 0 Å². The number of hydrogen-bond donors (Lipinski definition) is 1. The Kier molecular flexibility index (Phi) is 6.31. The Balaban J connectivity index is 1.72. The van der Waals surface area contributed by atoms with Gasteiger partial charge in [0.15, 0.2) is 0 Å². The molecule has 0 aromatic heterocycles. The van der Waals surface area contributed by atoms with Gasteiger partial charge in [-0.1, -0.05) is 27.7 Å². The quantitative estimate of drug-likeness (QED) is 0.693. The molecule has 2 fully saturated rings. The van der Waals surface area contributed by atoms with E-state index < -0.39 is 0 Å². The molecule has 1 saturated carbocycles. The number of nitrogens with zero attached hydrogens (tertiary/aromatic N) is 1. The van der Waals surface area contributed by atoms with Crippen LogP contribution in [0.5, 0.6) is 0 Å². The van der Waals surface area contributed by atoms with E-state index in [1.807, 2.05) is 0 Å². The first-order chi connectivity index (χ1) is 9.58. The molecular formula is C17H34N2O. The zero-order chi connectivity index (χ0) is 14.5. The molecular weight excluding hydrogens is 248 g/mol. The first kappa shape index (κ1) is 16.3. The third-order valence-corrected chi connectivity index (χ3v) is 4.81. The molecule has 0 bridgehead atoms. The third kappa shape index (κ3) is 5.01. The van der Waals surface area contributed by atoms with Crippen molar-refractivity contribution in [2.24, 2.45) is 17.8 Å². The highest BCUT2D eigenvalue weighted by Crippen LogP contribution is 2.34. The molecule has 0 aromatic carbocycles. The summed E-state index contributed by atoms with van der Waals surface area (Å²) in [6.07, 6.45) is 4.05. The van der Waals surface area contributed by atoms with Gasteiger partial charge in [-0.05, 0) is 37.0 Å². The van der Waals surface area contributed by atoms with E-state index in [2.05, 4.69) is 37.9 Å². The lowest BCUT2D eigenvalue weighted by molar-refractivity contribution is 0.0446. The number of piperazine rings is 1. The Morgan fingerprint density at radius 2 is 1.90 bits per heavy atom. The first-order valence-corrected chi connectivity index (χ1v) is 8.63.